The molecule has 0 aromatic carbocycles. The van der Waals surface area contributed by atoms with Crippen molar-refractivity contribution in [2.45, 2.75) is 64.6 Å². The molecule has 0 radical (unpaired) electrons. The fourth-order valence-electron chi connectivity index (χ4n) is 3.44. The van der Waals surface area contributed by atoms with Gasteiger partial charge in [0, 0.05) is 7.05 Å². The van der Waals surface area contributed by atoms with Gasteiger partial charge in [-0.1, -0.05) is 58.9 Å². The van der Waals surface area contributed by atoms with Crippen molar-refractivity contribution in [1.82, 2.24) is 13.7 Å². The van der Waals surface area contributed by atoms with Gasteiger partial charge in [0.05, 0.1) is 0 Å². The zero-order valence-corrected chi connectivity index (χ0v) is 19.5. The van der Waals surface area contributed by atoms with Gasteiger partial charge in [0.2, 0.25) is 0 Å². The summed E-state index contributed by atoms with van der Waals surface area (Å²) in [4.78, 5) is 39.6. The minimum Gasteiger partial charge on any atom is -0.391 e. The number of amides is 4. The monoisotopic (exact) mass is 389 g/mol. The first-order valence-corrected chi connectivity index (χ1v) is 18.4. The number of carbonyl (C=O) groups is 3. The minimum atomic E-state index is -2.48. The number of likely N-dealkylation sites (N-methyl/N-ethyl adjacent to an activating group) is 1. The summed E-state index contributed by atoms with van der Waals surface area (Å²) in [5, 5.41) is 11.3. The number of aliphatic hydroxyl groups is 1. The summed E-state index contributed by atoms with van der Waals surface area (Å²) < 4.78 is 2.91. The molecule has 1 fully saturated rings. The molecular formula is C14H31N3O4Si3. The lowest BCUT2D eigenvalue weighted by molar-refractivity contribution is -0.164. The summed E-state index contributed by atoms with van der Waals surface area (Å²) in [7, 11) is -5.50. The molecule has 1 saturated heterocycles. The van der Waals surface area contributed by atoms with Crippen molar-refractivity contribution in [3.05, 3.63) is 0 Å². The average Bonchev–Trinajstić information content (AvgIpc) is 2.47. The molecule has 0 aromatic heterocycles. The SMILES string of the molecule is CN1C(=O)N([Si](C)(C)C)C(O)(C(=O)N([Si](C)(C)C)[Si](C)(C)C)C1=O. The Hall–Kier alpha value is -0.979. The molecule has 1 unspecified atom stereocenters. The van der Waals surface area contributed by atoms with E-state index in [1.54, 1.807) is 4.23 Å². The van der Waals surface area contributed by atoms with Crippen LogP contribution in [0.1, 0.15) is 0 Å². The third-order valence-electron chi connectivity index (χ3n) is 3.92. The summed E-state index contributed by atoms with van der Waals surface area (Å²) in [5.74, 6) is -1.48. The van der Waals surface area contributed by atoms with Gasteiger partial charge in [0.25, 0.3) is 17.5 Å². The van der Waals surface area contributed by atoms with Gasteiger partial charge < -0.3 is 13.9 Å². The fraction of sp³-hybridized carbons (Fsp3) is 0.786. The smallest absolute Gasteiger partial charge is 0.321 e. The summed E-state index contributed by atoms with van der Waals surface area (Å²) in [6.07, 6.45) is 0. The number of imide groups is 1. The van der Waals surface area contributed by atoms with Crippen molar-refractivity contribution in [2.75, 3.05) is 7.05 Å². The molecule has 0 aromatic rings. The normalized spacial score (nSPS) is 23.1. The predicted molar refractivity (Wildman–Crippen MR) is 102 cm³/mol. The van der Waals surface area contributed by atoms with E-state index in [-0.39, 0.29) is 0 Å². The summed E-state index contributed by atoms with van der Waals surface area (Å²) in [6.45, 7) is 17.6. The van der Waals surface area contributed by atoms with Gasteiger partial charge in [-0.2, -0.15) is 0 Å². The van der Waals surface area contributed by atoms with E-state index in [4.69, 9.17) is 0 Å². The molecule has 4 amide bonds. The van der Waals surface area contributed by atoms with Crippen molar-refractivity contribution in [3.63, 3.8) is 0 Å². The van der Waals surface area contributed by atoms with Crippen LogP contribution in [0.4, 0.5) is 4.79 Å². The van der Waals surface area contributed by atoms with E-state index in [1.807, 2.05) is 58.9 Å². The summed E-state index contributed by atoms with van der Waals surface area (Å²) >= 11 is 0. The van der Waals surface area contributed by atoms with Gasteiger partial charge in [-0.05, 0) is 0 Å². The van der Waals surface area contributed by atoms with Crippen LogP contribution in [0.2, 0.25) is 58.9 Å². The first kappa shape index (κ1) is 21.1. The summed E-state index contributed by atoms with van der Waals surface area (Å²) in [6, 6.07) is -0.596. The van der Waals surface area contributed by atoms with Crippen molar-refractivity contribution in [2.24, 2.45) is 0 Å². The van der Waals surface area contributed by atoms with Crippen LogP contribution in [-0.4, -0.2) is 74.1 Å². The van der Waals surface area contributed by atoms with E-state index < -0.39 is 48.3 Å². The lowest BCUT2D eigenvalue weighted by Crippen LogP contribution is -2.73. The van der Waals surface area contributed by atoms with Gasteiger partial charge in [0.15, 0.2) is 8.24 Å². The molecule has 10 heteroatoms. The molecule has 1 aliphatic heterocycles. The Morgan fingerprint density at radius 2 is 1.33 bits per heavy atom. The molecule has 1 heterocycles. The number of hydrogen-bond acceptors (Lipinski definition) is 4. The Morgan fingerprint density at radius 3 is 1.62 bits per heavy atom. The molecule has 1 aliphatic rings. The van der Waals surface area contributed by atoms with Crippen LogP contribution < -0.4 is 0 Å². The van der Waals surface area contributed by atoms with Gasteiger partial charge in [-0.25, -0.2) is 4.79 Å². The molecule has 7 nitrogen and oxygen atoms in total. The predicted octanol–water partition coefficient (Wildman–Crippen LogP) is 1.90. The molecule has 0 bridgehead atoms. The maximum atomic E-state index is 13.4. The zero-order chi connectivity index (χ0) is 19.5. The van der Waals surface area contributed by atoms with Gasteiger partial charge in [-0.3, -0.25) is 14.5 Å². The quantitative estimate of drug-likeness (QED) is 0.452. The van der Waals surface area contributed by atoms with Crippen LogP contribution in [0.5, 0.6) is 0 Å². The Bertz CT molecular complexity index is 563. The third-order valence-corrected chi connectivity index (χ3v) is 12.9. The van der Waals surface area contributed by atoms with Crippen molar-refractivity contribution >= 4 is 42.6 Å². The van der Waals surface area contributed by atoms with Gasteiger partial charge in [0.1, 0.15) is 16.5 Å². The highest BCUT2D eigenvalue weighted by Crippen LogP contribution is 2.35. The van der Waals surface area contributed by atoms with Crippen LogP contribution in [0.3, 0.4) is 0 Å². The van der Waals surface area contributed by atoms with Gasteiger partial charge in [-0.15, -0.1) is 0 Å². The van der Waals surface area contributed by atoms with Crippen LogP contribution in [0.15, 0.2) is 0 Å². The van der Waals surface area contributed by atoms with E-state index in [9.17, 15) is 19.5 Å². The highest BCUT2D eigenvalue weighted by molar-refractivity contribution is 6.92. The molecule has 138 valence electrons. The lowest BCUT2D eigenvalue weighted by atomic mass is 10.2. The molecule has 0 spiro atoms. The van der Waals surface area contributed by atoms with E-state index in [0.29, 0.717) is 0 Å². The van der Waals surface area contributed by atoms with E-state index >= 15 is 0 Å². The topological polar surface area (TPSA) is 81.2 Å². The average molecular weight is 390 g/mol. The van der Waals surface area contributed by atoms with Crippen LogP contribution in [-0.2, 0) is 9.59 Å². The largest absolute Gasteiger partial charge is 0.391 e. The number of urea groups is 1. The van der Waals surface area contributed by atoms with Crippen molar-refractivity contribution in [1.29, 1.82) is 0 Å². The number of nitrogens with zero attached hydrogens (tertiary/aromatic N) is 3. The maximum absolute atomic E-state index is 13.4. The van der Waals surface area contributed by atoms with Crippen LogP contribution >= 0.6 is 0 Å². The first-order valence-electron chi connectivity index (χ1n) is 8.07. The second kappa shape index (κ2) is 5.78. The van der Waals surface area contributed by atoms with E-state index in [1.165, 1.54) is 7.05 Å². The lowest BCUT2D eigenvalue weighted by Gasteiger charge is -2.48. The van der Waals surface area contributed by atoms with Crippen LogP contribution in [0, 0.1) is 0 Å². The molecule has 0 saturated carbocycles. The maximum Gasteiger partial charge on any atom is 0.321 e. The van der Waals surface area contributed by atoms with Crippen molar-refractivity contribution < 1.29 is 19.5 Å². The standard InChI is InChI=1S/C14H31N3O4Si3/c1-15-11(18)14(21,16(13(15)20)22(2,3)4)12(19)17(23(5,6)7)24(8,9)10/h21H,1-10H3. The second-order valence-electron chi connectivity index (χ2n) is 9.31. The van der Waals surface area contributed by atoms with Gasteiger partial charge >= 0.3 is 6.03 Å². The molecule has 24 heavy (non-hydrogen) atoms. The summed E-state index contributed by atoms with van der Waals surface area (Å²) in [5.41, 5.74) is -2.42. The molecule has 1 rings (SSSR count). The minimum absolute atomic E-state index is 0.596. The molecule has 1 N–H and O–H groups in total. The third kappa shape index (κ3) is 3.24. The van der Waals surface area contributed by atoms with Crippen LogP contribution in [0.25, 0.3) is 0 Å². The fourth-order valence-corrected chi connectivity index (χ4v) is 14.9. The first-order chi connectivity index (χ1) is 10.4. The number of carbonyl (C=O) groups excluding carboxylic acids is 3. The molecule has 0 aliphatic carbocycles. The Labute approximate surface area is 147 Å². The highest BCUT2D eigenvalue weighted by atomic mass is 28.4. The zero-order valence-electron chi connectivity index (χ0n) is 16.5. The second-order valence-corrected chi connectivity index (χ2v) is 24.1. The van der Waals surface area contributed by atoms with Crippen molar-refractivity contribution in [3.8, 4) is 0 Å². The van der Waals surface area contributed by atoms with E-state index in [2.05, 4.69) is 0 Å². The van der Waals surface area contributed by atoms with E-state index in [0.717, 1.165) is 9.47 Å². The Kier molecular flexibility index (Phi) is 5.08. The number of rotatable bonds is 4. The number of hydrogen-bond donors (Lipinski definition) is 1. The Balaban J connectivity index is 3.61. The molecule has 1 atom stereocenters. The Morgan fingerprint density at radius 1 is 0.958 bits per heavy atom. The highest BCUT2D eigenvalue weighted by Gasteiger charge is 2.66. The molecular weight excluding hydrogens is 358 g/mol.